The zero-order chi connectivity index (χ0) is 12.7. The van der Waals surface area contributed by atoms with Crippen molar-refractivity contribution in [3.8, 4) is 5.75 Å². The highest BCUT2D eigenvalue weighted by atomic mass is 35.5. The van der Waals surface area contributed by atoms with E-state index in [1.807, 2.05) is 0 Å². The first-order chi connectivity index (χ1) is 8.66. The lowest BCUT2D eigenvalue weighted by Gasteiger charge is -2.29. The van der Waals surface area contributed by atoms with E-state index in [-0.39, 0.29) is 5.91 Å². The highest BCUT2D eigenvalue weighted by Gasteiger charge is 2.36. The maximum atomic E-state index is 12.1. The number of rotatable bonds is 1. The molecule has 0 aromatic carbocycles. The molecule has 0 N–H and O–H groups in total. The molecule has 0 spiro atoms. The van der Waals surface area contributed by atoms with Gasteiger partial charge in [-0.2, -0.15) is 0 Å². The summed E-state index contributed by atoms with van der Waals surface area (Å²) in [5, 5.41) is 0.453. The van der Waals surface area contributed by atoms with Gasteiger partial charge in [-0.1, -0.05) is 11.6 Å². The Labute approximate surface area is 108 Å². The summed E-state index contributed by atoms with van der Waals surface area (Å²) in [4.78, 5) is 17.7. The van der Waals surface area contributed by atoms with E-state index in [4.69, 9.17) is 20.8 Å². The first-order valence-corrected chi connectivity index (χ1v) is 5.68. The number of pyridine rings is 1. The molecule has 18 heavy (non-hydrogen) atoms. The summed E-state index contributed by atoms with van der Waals surface area (Å²) in [6.45, 7) is 0. The average molecular weight is 265 g/mol. The second-order valence-corrected chi connectivity index (χ2v) is 4.32. The maximum Gasteiger partial charge on any atom is 0.277 e. The molecule has 0 bridgehead atoms. The quantitative estimate of drug-likeness (QED) is 0.794. The zero-order valence-corrected chi connectivity index (χ0v) is 10.2. The molecule has 0 aliphatic carbocycles. The molecule has 3 rings (SSSR count). The minimum Gasteiger partial charge on any atom is -0.469 e. The van der Waals surface area contributed by atoms with Gasteiger partial charge >= 0.3 is 0 Å². The third-order valence-electron chi connectivity index (χ3n) is 2.72. The van der Waals surface area contributed by atoms with Gasteiger partial charge < -0.3 is 9.15 Å². The lowest BCUT2D eigenvalue weighted by atomic mass is 10.2. The molecule has 1 atom stereocenters. The van der Waals surface area contributed by atoms with Gasteiger partial charge in [0.05, 0.1) is 11.3 Å². The summed E-state index contributed by atoms with van der Waals surface area (Å²) in [5.41, 5.74) is 0. The molecule has 1 aliphatic rings. The molecule has 0 saturated carbocycles. The van der Waals surface area contributed by atoms with Crippen LogP contribution in [0.3, 0.4) is 0 Å². The largest absolute Gasteiger partial charge is 0.469 e. The van der Waals surface area contributed by atoms with E-state index in [0.29, 0.717) is 22.4 Å². The van der Waals surface area contributed by atoms with Gasteiger partial charge in [-0.3, -0.25) is 9.69 Å². The van der Waals surface area contributed by atoms with Gasteiger partial charge in [0.25, 0.3) is 5.91 Å². The van der Waals surface area contributed by atoms with E-state index >= 15 is 0 Å². The Morgan fingerprint density at radius 3 is 3.06 bits per heavy atom. The molecule has 2 aromatic rings. The van der Waals surface area contributed by atoms with Crippen molar-refractivity contribution in [1.82, 2.24) is 4.98 Å². The van der Waals surface area contributed by atoms with Crippen LogP contribution in [0.4, 0.5) is 5.82 Å². The number of anilines is 1. The normalized spacial score (nSPS) is 18.4. The summed E-state index contributed by atoms with van der Waals surface area (Å²) in [7, 11) is 1.64. The first-order valence-electron chi connectivity index (χ1n) is 5.30. The lowest BCUT2D eigenvalue weighted by Crippen LogP contribution is -2.38. The van der Waals surface area contributed by atoms with Crippen molar-refractivity contribution < 1.29 is 13.9 Å². The Morgan fingerprint density at radius 1 is 1.50 bits per heavy atom. The Hall–Kier alpha value is -2.01. The average Bonchev–Trinajstić information content (AvgIpc) is 2.87. The van der Waals surface area contributed by atoms with Crippen LogP contribution in [0.1, 0.15) is 11.9 Å². The number of furan rings is 1. The van der Waals surface area contributed by atoms with E-state index in [9.17, 15) is 4.79 Å². The number of carbonyl (C=O) groups excluding carboxylic acids is 1. The van der Waals surface area contributed by atoms with E-state index in [1.165, 1.54) is 17.4 Å². The van der Waals surface area contributed by atoms with E-state index in [1.54, 1.807) is 25.2 Å². The number of aromatic nitrogens is 1. The Balaban J connectivity index is 2.06. The van der Waals surface area contributed by atoms with Crippen molar-refractivity contribution in [2.75, 3.05) is 11.9 Å². The third kappa shape index (κ3) is 1.64. The van der Waals surface area contributed by atoms with Crippen molar-refractivity contribution in [2.24, 2.45) is 0 Å². The fourth-order valence-electron chi connectivity index (χ4n) is 1.83. The molecular weight excluding hydrogens is 256 g/mol. The van der Waals surface area contributed by atoms with Crippen LogP contribution >= 0.6 is 11.6 Å². The summed E-state index contributed by atoms with van der Waals surface area (Å²) < 4.78 is 10.8. The van der Waals surface area contributed by atoms with Crippen LogP contribution in [0, 0.1) is 0 Å². The SMILES string of the molecule is CN1C(=O)C(c2ccco2)Oc2cc(Cl)cnc21. The van der Waals surface area contributed by atoms with Crippen LogP contribution in [0.5, 0.6) is 5.75 Å². The molecule has 6 heteroatoms. The fraction of sp³-hybridized carbons (Fsp3) is 0.167. The van der Waals surface area contributed by atoms with E-state index in [2.05, 4.69) is 4.98 Å². The van der Waals surface area contributed by atoms with Crippen molar-refractivity contribution in [2.45, 2.75) is 6.10 Å². The monoisotopic (exact) mass is 264 g/mol. The second-order valence-electron chi connectivity index (χ2n) is 3.89. The number of hydrogen-bond donors (Lipinski definition) is 0. The fourth-order valence-corrected chi connectivity index (χ4v) is 1.98. The Kier molecular flexibility index (Phi) is 2.48. The number of likely N-dealkylation sites (N-methyl/N-ethyl adjacent to an activating group) is 1. The van der Waals surface area contributed by atoms with Gasteiger partial charge in [0.1, 0.15) is 0 Å². The molecule has 3 heterocycles. The Morgan fingerprint density at radius 2 is 2.33 bits per heavy atom. The summed E-state index contributed by atoms with van der Waals surface area (Å²) in [5.74, 6) is 1.14. The lowest BCUT2D eigenvalue weighted by molar-refractivity contribution is -0.127. The number of nitrogens with zero attached hydrogens (tertiary/aromatic N) is 2. The minimum absolute atomic E-state index is 0.229. The second kappa shape index (κ2) is 4.03. The number of hydrogen-bond acceptors (Lipinski definition) is 4. The van der Waals surface area contributed by atoms with Gasteiger partial charge in [-0.05, 0) is 12.1 Å². The summed E-state index contributed by atoms with van der Waals surface area (Å²) >= 11 is 5.86. The summed E-state index contributed by atoms with van der Waals surface area (Å²) in [6, 6.07) is 5.03. The van der Waals surface area contributed by atoms with Gasteiger partial charge in [0.15, 0.2) is 17.3 Å². The minimum atomic E-state index is -0.794. The molecule has 1 amide bonds. The highest BCUT2D eigenvalue weighted by molar-refractivity contribution is 6.30. The number of fused-ring (bicyclic) bond motifs is 1. The topological polar surface area (TPSA) is 55.6 Å². The highest BCUT2D eigenvalue weighted by Crippen LogP contribution is 2.37. The Bertz CT molecular complexity index is 597. The van der Waals surface area contributed by atoms with Crippen LogP contribution in [0.25, 0.3) is 0 Å². The predicted octanol–water partition coefficient (Wildman–Crippen LogP) is 2.42. The number of halogens is 1. The van der Waals surface area contributed by atoms with E-state index in [0.717, 1.165) is 0 Å². The number of carbonyl (C=O) groups is 1. The molecule has 0 radical (unpaired) electrons. The zero-order valence-electron chi connectivity index (χ0n) is 9.46. The van der Waals surface area contributed by atoms with Crippen LogP contribution in [0.15, 0.2) is 35.1 Å². The van der Waals surface area contributed by atoms with Crippen LogP contribution < -0.4 is 9.64 Å². The van der Waals surface area contributed by atoms with Crippen molar-refractivity contribution in [3.05, 3.63) is 41.4 Å². The molecule has 0 saturated heterocycles. The van der Waals surface area contributed by atoms with Gasteiger partial charge in [-0.15, -0.1) is 0 Å². The molecule has 2 aromatic heterocycles. The van der Waals surface area contributed by atoms with Crippen molar-refractivity contribution in [1.29, 1.82) is 0 Å². The molecule has 5 nitrogen and oxygen atoms in total. The van der Waals surface area contributed by atoms with Crippen LogP contribution in [0.2, 0.25) is 5.02 Å². The molecule has 92 valence electrons. The van der Waals surface area contributed by atoms with Crippen LogP contribution in [-0.4, -0.2) is 17.9 Å². The molecule has 1 aliphatic heterocycles. The standard InChI is InChI=1S/C12H9ClN2O3/c1-15-11-9(5-7(13)6-14-11)18-10(12(15)16)8-3-2-4-17-8/h2-6,10H,1H3. The molecule has 1 unspecified atom stereocenters. The smallest absolute Gasteiger partial charge is 0.277 e. The van der Waals surface area contributed by atoms with Crippen molar-refractivity contribution >= 4 is 23.3 Å². The first kappa shape index (κ1) is 11.1. The number of amides is 1. The number of ether oxygens (including phenoxy) is 1. The van der Waals surface area contributed by atoms with Crippen molar-refractivity contribution in [3.63, 3.8) is 0 Å². The van der Waals surface area contributed by atoms with Gasteiger partial charge in [0, 0.05) is 19.3 Å². The van der Waals surface area contributed by atoms with Crippen LogP contribution in [-0.2, 0) is 4.79 Å². The van der Waals surface area contributed by atoms with Gasteiger partial charge in [-0.25, -0.2) is 4.98 Å². The maximum absolute atomic E-state index is 12.1. The predicted molar refractivity (Wildman–Crippen MR) is 64.7 cm³/mol. The summed E-state index contributed by atoms with van der Waals surface area (Å²) in [6.07, 6.45) is 2.18. The van der Waals surface area contributed by atoms with Gasteiger partial charge in [0.2, 0.25) is 6.10 Å². The van der Waals surface area contributed by atoms with E-state index < -0.39 is 6.10 Å². The molecular formula is C12H9ClN2O3. The third-order valence-corrected chi connectivity index (χ3v) is 2.93. The molecule has 0 fully saturated rings.